The van der Waals surface area contributed by atoms with Crippen molar-refractivity contribution in [3.8, 4) is 0 Å². The summed E-state index contributed by atoms with van der Waals surface area (Å²) in [6, 6.07) is 4.64. The Kier molecular flexibility index (Phi) is 2.33. The quantitative estimate of drug-likeness (QED) is 0.625. The zero-order valence-corrected chi connectivity index (χ0v) is 12.3. The molecule has 2 heterocycles. The van der Waals surface area contributed by atoms with E-state index in [4.69, 9.17) is 0 Å². The van der Waals surface area contributed by atoms with E-state index < -0.39 is 0 Å². The van der Waals surface area contributed by atoms with Crippen molar-refractivity contribution in [3.05, 3.63) is 43.8 Å². The largest absolute Gasteiger partial charge is 0.144 e. The number of hydrogen-bond donors (Lipinski definition) is 0. The maximum Gasteiger partial charge on any atom is 0.0340 e. The number of rotatable bonds is 0. The minimum atomic E-state index is 0.706. The van der Waals surface area contributed by atoms with Gasteiger partial charge in [-0.05, 0) is 69.8 Å². The Morgan fingerprint density at radius 2 is 1.28 bits per heavy atom. The van der Waals surface area contributed by atoms with Crippen LogP contribution < -0.4 is 0 Å². The highest BCUT2D eigenvalue weighted by Crippen LogP contribution is 2.51. The van der Waals surface area contributed by atoms with E-state index >= 15 is 0 Å². The van der Waals surface area contributed by atoms with Gasteiger partial charge in [0.1, 0.15) is 0 Å². The smallest absolute Gasteiger partial charge is 0.0340 e. The van der Waals surface area contributed by atoms with Gasteiger partial charge in [-0.2, -0.15) is 0 Å². The number of allylic oxidation sites excluding steroid dienone is 2. The molecule has 0 saturated carbocycles. The van der Waals surface area contributed by atoms with Crippen molar-refractivity contribution in [1.82, 2.24) is 0 Å². The molecule has 0 N–H and O–H groups in total. The summed E-state index contributed by atoms with van der Waals surface area (Å²) >= 11 is 3.87. The van der Waals surface area contributed by atoms with Crippen molar-refractivity contribution in [2.75, 3.05) is 0 Å². The standard InChI is InChI=1S/C16H16S2/c1-9-7-11-3-5-17-15(11)13(9)14-10(2)8-12-4-6-18-16(12)14/h3-6,9-10H,7-8H2,1-2H3/b14-13+. The number of hydrogen-bond acceptors (Lipinski definition) is 2. The predicted molar refractivity (Wildman–Crippen MR) is 81.2 cm³/mol. The van der Waals surface area contributed by atoms with Crippen molar-refractivity contribution < 1.29 is 0 Å². The van der Waals surface area contributed by atoms with Crippen LogP contribution in [0.25, 0.3) is 11.1 Å². The molecule has 0 radical (unpaired) electrons. The Hall–Kier alpha value is -0.860. The van der Waals surface area contributed by atoms with Gasteiger partial charge in [0.05, 0.1) is 0 Å². The maximum absolute atomic E-state index is 2.40. The summed E-state index contributed by atoms with van der Waals surface area (Å²) in [5.74, 6) is 1.41. The summed E-state index contributed by atoms with van der Waals surface area (Å²) in [5.41, 5.74) is 6.47. The highest BCUT2D eigenvalue weighted by molar-refractivity contribution is 7.12. The third kappa shape index (κ3) is 1.36. The second-order valence-corrected chi connectivity index (χ2v) is 7.42. The molecule has 0 amide bonds. The van der Waals surface area contributed by atoms with Crippen LogP contribution in [0.2, 0.25) is 0 Å². The van der Waals surface area contributed by atoms with Gasteiger partial charge < -0.3 is 0 Å². The normalized spacial score (nSPS) is 29.7. The molecule has 18 heavy (non-hydrogen) atoms. The predicted octanol–water partition coefficient (Wildman–Crippen LogP) is 5.10. The van der Waals surface area contributed by atoms with Crippen LogP contribution in [0.4, 0.5) is 0 Å². The molecule has 2 aliphatic rings. The molecule has 2 unspecified atom stereocenters. The Bertz CT molecular complexity index is 585. The summed E-state index contributed by atoms with van der Waals surface area (Å²) in [6.07, 6.45) is 2.48. The third-order valence-corrected chi connectivity index (χ3v) is 6.29. The van der Waals surface area contributed by atoms with Crippen LogP contribution >= 0.6 is 22.7 Å². The highest BCUT2D eigenvalue weighted by atomic mass is 32.1. The fraction of sp³-hybridized carbons (Fsp3) is 0.375. The van der Waals surface area contributed by atoms with Crippen LogP contribution in [0.1, 0.15) is 34.7 Å². The molecule has 2 aromatic heterocycles. The molecule has 2 heteroatoms. The van der Waals surface area contributed by atoms with E-state index in [9.17, 15) is 0 Å². The van der Waals surface area contributed by atoms with E-state index in [1.54, 1.807) is 32.0 Å². The topological polar surface area (TPSA) is 0 Å². The van der Waals surface area contributed by atoms with Crippen LogP contribution in [0.5, 0.6) is 0 Å². The molecular weight excluding hydrogens is 256 g/mol. The zero-order chi connectivity index (χ0) is 12.3. The lowest BCUT2D eigenvalue weighted by atomic mass is 9.93. The summed E-state index contributed by atoms with van der Waals surface area (Å²) in [4.78, 5) is 3.15. The van der Waals surface area contributed by atoms with Crippen molar-refractivity contribution in [3.63, 3.8) is 0 Å². The monoisotopic (exact) mass is 272 g/mol. The second-order valence-electron chi connectivity index (χ2n) is 5.59. The Balaban J connectivity index is 1.99. The molecule has 0 bridgehead atoms. The van der Waals surface area contributed by atoms with Crippen LogP contribution in [-0.2, 0) is 12.8 Å². The van der Waals surface area contributed by atoms with Crippen LogP contribution in [0.15, 0.2) is 22.9 Å². The SMILES string of the molecule is CC1Cc2ccsc2/C1=C1/c2sccc2CC1C. The van der Waals surface area contributed by atoms with E-state index in [1.807, 2.05) is 22.7 Å². The van der Waals surface area contributed by atoms with E-state index in [0.717, 1.165) is 0 Å². The Morgan fingerprint density at radius 1 is 0.833 bits per heavy atom. The average Bonchev–Trinajstić information content (AvgIpc) is 3.01. The minimum Gasteiger partial charge on any atom is -0.144 e. The molecule has 0 spiro atoms. The molecule has 4 rings (SSSR count). The highest BCUT2D eigenvalue weighted by Gasteiger charge is 2.34. The lowest BCUT2D eigenvalue weighted by molar-refractivity contribution is 0.754. The minimum absolute atomic E-state index is 0.706. The zero-order valence-electron chi connectivity index (χ0n) is 10.7. The van der Waals surface area contributed by atoms with E-state index in [1.165, 1.54) is 12.8 Å². The molecule has 2 atom stereocenters. The van der Waals surface area contributed by atoms with Crippen molar-refractivity contribution in [2.24, 2.45) is 11.8 Å². The maximum atomic E-state index is 2.40. The molecule has 0 aromatic carbocycles. The van der Waals surface area contributed by atoms with Gasteiger partial charge in [-0.1, -0.05) is 13.8 Å². The average molecular weight is 272 g/mol. The lowest BCUT2D eigenvalue weighted by Crippen LogP contribution is -1.99. The van der Waals surface area contributed by atoms with Gasteiger partial charge in [0.15, 0.2) is 0 Å². The first-order chi connectivity index (χ1) is 8.75. The van der Waals surface area contributed by atoms with Crippen molar-refractivity contribution in [2.45, 2.75) is 26.7 Å². The van der Waals surface area contributed by atoms with Gasteiger partial charge in [-0.25, -0.2) is 0 Å². The number of fused-ring (bicyclic) bond motifs is 2. The van der Waals surface area contributed by atoms with Crippen LogP contribution in [0, 0.1) is 11.8 Å². The molecule has 0 aliphatic heterocycles. The molecule has 92 valence electrons. The van der Waals surface area contributed by atoms with Crippen LogP contribution in [-0.4, -0.2) is 0 Å². The molecule has 0 saturated heterocycles. The third-order valence-electron chi connectivity index (χ3n) is 4.31. The number of thiophene rings is 2. The first-order valence-electron chi connectivity index (χ1n) is 6.63. The fourth-order valence-electron chi connectivity index (χ4n) is 3.55. The summed E-state index contributed by atoms with van der Waals surface area (Å²) < 4.78 is 0. The van der Waals surface area contributed by atoms with E-state index in [0.29, 0.717) is 11.8 Å². The molecule has 2 aromatic rings. The van der Waals surface area contributed by atoms with E-state index in [2.05, 4.69) is 36.7 Å². The summed E-state index contributed by atoms with van der Waals surface area (Å²) in [5, 5.41) is 4.51. The Labute approximate surface area is 116 Å². The van der Waals surface area contributed by atoms with Gasteiger partial charge in [-0.3, -0.25) is 0 Å². The summed E-state index contributed by atoms with van der Waals surface area (Å²) in [6.45, 7) is 4.79. The van der Waals surface area contributed by atoms with Gasteiger partial charge in [-0.15, -0.1) is 22.7 Å². The second kappa shape index (κ2) is 3.82. The fourth-order valence-corrected chi connectivity index (χ4v) is 5.77. The summed E-state index contributed by atoms with van der Waals surface area (Å²) in [7, 11) is 0. The molecule has 2 aliphatic carbocycles. The first kappa shape index (κ1) is 11.0. The molecule has 0 fully saturated rings. The van der Waals surface area contributed by atoms with Gasteiger partial charge >= 0.3 is 0 Å². The van der Waals surface area contributed by atoms with Gasteiger partial charge in [0.2, 0.25) is 0 Å². The van der Waals surface area contributed by atoms with Gasteiger partial charge in [0.25, 0.3) is 0 Å². The molecule has 0 nitrogen and oxygen atoms in total. The van der Waals surface area contributed by atoms with Crippen molar-refractivity contribution >= 4 is 33.8 Å². The van der Waals surface area contributed by atoms with Gasteiger partial charge in [0, 0.05) is 9.75 Å². The lowest BCUT2D eigenvalue weighted by Gasteiger charge is -2.14. The Morgan fingerprint density at radius 3 is 1.72 bits per heavy atom. The first-order valence-corrected chi connectivity index (χ1v) is 8.39. The van der Waals surface area contributed by atoms with E-state index in [-0.39, 0.29) is 0 Å². The van der Waals surface area contributed by atoms with Crippen molar-refractivity contribution in [1.29, 1.82) is 0 Å². The van der Waals surface area contributed by atoms with Crippen LogP contribution in [0.3, 0.4) is 0 Å². The molecular formula is C16H16S2.